The highest BCUT2D eigenvalue weighted by Crippen LogP contribution is 2.16. The Morgan fingerprint density at radius 1 is 1.67 bits per heavy atom. The number of aliphatic carboxylic acids is 1. The van der Waals surface area contributed by atoms with Crippen LogP contribution in [0.15, 0.2) is 23.5 Å². The number of ether oxygens (including phenoxy) is 1. The monoisotopic (exact) mass is 168 g/mol. The summed E-state index contributed by atoms with van der Waals surface area (Å²) in [7, 11) is 1.33. The molecule has 1 N–H and O–H groups in total. The Hall–Kier alpha value is -1.58. The average molecular weight is 168 g/mol. The minimum atomic E-state index is -1.24. The number of methoxy groups -OCH3 is 1. The lowest BCUT2D eigenvalue weighted by Gasteiger charge is -2.09. The number of ketones is 1. The first-order chi connectivity index (χ1) is 5.66. The Kier molecular flexibility index (Phi) is 2.28. The summed E-state index contributed by atoms with van der Waals surface area (Å²) in [6, 6.07) is 0. The zero-order valence-electron chi connectivity index (χ0n) is 6.53. The highest BCUT2D eigenvalue weighted by molar-refractivity contribution is 6.18. The molecule has 0 aromatic heterocycles. The van der Waals surface area contributed by atoms with Gasteiger partial charge in [-0.15, -0.1) is 0 Å². The third-order valence-electron chi connectivity index (χ3n) is 1.53. The van der Waals surface area contributed by atoms with Gasteiger partial charge in [0.05, 0.1) is 7.11 Å². The molecule has 12 heavy (non-hydrogen) atoms. The largest absolute Gasteiger partial charge is 0.496 e. The minimum absolute atomic E-state index is 0.124. The fraction of sp³-hybridized carbons (Fsp3) is 0.250. The maximum atomic E-state index is 11.0. The number of hydrogen-bond donors (Lipinski definition) is 1. The predicted octanol–water partition coefficient (Wildman–Crippen LogP) is 0.500. The van der Waals surface area contributed by atoms with Crippen LogP contribution in [0.25, 0.3) is 0 Å². The van der Waals surface area contributed by atoms with Crippen LogP contribution in [0, 0.1) is 0 Å². The van der Waals surface area contributed by atoms with Crippen LogP contribution in [0.1, 0.15) is 6.42 Å². The average Bonchev–Trinajstić information content (AvgIpc) is 2.03. The lowest BCUT2D eigenvalue weighted by atomic mass is 10.0. The smallest absolute Gasteiger partial charge is 0.343 e. The topological polar surface area (TPSA) is 63.6 Å². The molecule has 4 heteroatoms. The van der Waals surface area contributed by atoms with Crippen molar-refractivity contribution in [1.82, 2.24) is 0 Å². The molecule has 0 atom stereocenters. The van der Waals surface area contributed by atoms with Gasteiger partial charge in [0.15, 0.2) is 5.78 Å². The second-order valence-electron chi connectivity index (χ2n) is 2.28. The first-order valence-corrected chi connectivity index (χ1v) is 3.38. The third-order valence-corrected chi connectivity index (χ3v) is 1.53. The fourth-order valence-electron chi connectivity index (χ4n) is 0.991. The van der Waals surface area contributed by atoms with E-state index in [1.54, 1.807) is 6.08 Å². The van der Waals surface area contributed by atoms with Crippen molar-refractivity contribution in [3.8, 4) is 0 Å². The SMILES string of the molecule is COC1=C(C(=O)O)C(=O)CC=C1. The molecule has 0 fully saturated rings. The lowest BCUT2D eigenvalue weighted by Crippen LogP contribution is -2.17. The summed E-state index contributed by atoms with van der Waals surface area (Å²) >= 11 is 0. The molecule has 0 amide bonds. The molecule has 0 radical (unpaired) electrons. The van der Waals surface area contributed by atoms with Gasteiger partial charge < -0.3 is 9.84 Å². The summed E-state index contributed by atoms with van der Waals surface area (Å²) in [5.41, 5.74) is -0.264. The van der Waals surface area contributed by atoms with Gasteiger partial charge in [0.2, 0.25) is 0 Å². The van der Waals surface area contributed by atoms with Crippen LogP contribution >= 0.6 is 0 Å². The second-order valence-corrected chi connectivity index (χ2v) is 2.28. The Bertz CT molecular complexity index is 285. The van der Waals surface area contributed by atoms with Gasteiger partial charge in [0, 0.05) is 6.42 Å². The van der Waals surface area contributed by atoms with Crippen molar-refractivity contribution in [3.63, 3.8) is 0 Å². The summed E-state index contributed by atoms with van der Waals surface area (Å²) in [6.45, 7) is 0. The van der Waals surface area contributed by atoms with Crippen LogP contribution in [-0.2, 0) is 14.3 Å². The van der Waals surface area contributed by atoms with Gasteiger partial charge in [-0.3, -0.25) is 4.79 Å². The number of allylic oxidation sites excluding steroid dienone is 2. The van der Waals surface area contributed by atoms with E-state index in [1.165, 1.54) is 13.2 Å². The Morgan fingerprint density at radius 2 is 2.33 bits per heavy atom. The molecule has 1 rings (SSSR count). The van der Waals surface area contributed by atoms with Crippen LogP contribution in [0.3, 0.4) is 0 Å². The van der Waals surface area contributed by atoms with E-state index in [1.807, 2.05) is 0 Å². The van der Waals surface area contributed by atoms with E-state index < -0.39 is 11.8 Å². The molecule has 1 aliphatic carbocycles. The van der Waals surface area contributed by atoms with Crippen LogP contribution in [0.5, 0.6) is 0 Å². The molecule has 0 aliphatic heterocycles. The molecule has 4 nitrogen and oxygen atoms in total. The second kappa shape index (κ2) is 3.21. The van der Waals surface area contributed by atoms with Gasteiger partial charge in [0.25, 0.3) is 0 Å². The van der Waals surface area contributed by atoms with Gasteiger partial charge in [0.1, 0.15) is 11.3 Å². The van der Waals surface area contributed by atoms with Crippen LogP contribution in [-0.4, -0.2) is 24.0 Å². The number of carboxylic acid groups (broad SMARTS) is 1. The molecule has 0 spiro atoms. The number of rotatable bonds is 2. The van der Waals surface area contributed by atoms with Gasteiger partial charge in [-0.1, -0.05) is 6.08 Å². The van der Waals surface area contributed by atoms with Gasteiger partial charge in [-0.25, -0.2) is 4.79 Å². The minimum Gasteiger partial charge on any atom is -0.496 e. The molecule has 0 heterocycles. The summed E-state index contributed by atoms with van der Waals surface area (Å²) in [4.78, 5) is 21.6. The molecular weight excluding hydrogens is 160 g/mol. The lowest BCUT2D eigenvalue weighted by molar-refractivity contribution is -0.134. The van der Waals surface area contributed by atoms with Crippen molar-refractivity contribution in [1.29, 1.82) is 0 Å². The van der Waals surface area contributed by atoms with E-state index in [0.29, 0.717) is 0 Å². The summed E-state index contributed by atoms with van der Waals surface area (Å²) < 4.78 is 4.73. The van der Waals surface area contributed by atoms with E-state index >= 15 is 0 Å². The molecule has 1 aliphatic rings. The highest BCUT2D eigenvalue weighted by Gasteiger charge is 2.23. The van der Waals surface area contributed by atoms with Gasteiger partial charge in [-0.05, 0) is 6.08 Å². The fourth-order valence-corrected chi connectivity index (χ4v) is 0.991. The zero-order chi connectivity index (χ0) is 9.14. The van der Waals surface area contributed by atoms with Gasteiger partial charge in [-0.2, -0.15) is 0 Å². The molecule has 0 bridgehead atoms. The van der Waals surface area contributed by atoms with E-state index in [9.17, 15) is 9.59 Å². The third kappa shape index (κ3) is 1.37. The first kappa shape index (κ1) is 8.52. The quantitative estimate of drug-likeness (QED) is 0.610. The van der Waals surface area contributed by atoms with E-state index in [4.69, 9.17) is 9.84 Å². The number of carboxylic acids is 1. The Labute approximate surface area is 69.1 Å². The van der Waals surface area contributed by atoms with Crippen molar-refractivity contribution in [2.24, 2.45) is 0 Å². The molecule has 0 unspecified atom stereocenters. The highest BCUT2D eigenvalue weighted by atomic mass is 16.5. The van der Waals surface area contributed by atoms with Crippen molar-refractivity contribution < 1.29 is 19.4 Å². The van der Waals surface area contributed by atoms with Crippen molar-refractivity contribution in [3.05, 3.63) is 23.5 Å². The van der Waals surface area contributed by atoms with Crippen molar-refractivity contribution >= 4 is 11.8 Å². The predicted molar refractivity (Wildman–Crippen MR) is 40.4 cm³/mol. The Morgan fingerprint density at radius 3 is 2.75 bits per heavy atom. The molecular formula is C8H8O4. The maximum absolute atomic E-state index is 11.0. The number of carbonyl (C=O) groups excluding carboxylic acids is 1. The summed E-state index contributed by atoms with van der Waals surface area (Å²) in [6.07, 6.45) is 3.20. The van der Waals surface area contributed by atoms with Gasteiger partial charge >= 0.3 is 5.97 Å². The maximum Gasteiger partial charge on any atom is 0.343 e. The molecule has 0 aromatic rings. The standard InChI is InChI=1S/C8H8O4/c1-12-6-4-2-3-5(9)7(6)8(10)11/h2,4H,3H2,1H3,(H,10,11). The summed E-state index contributed by atoms with van der Waals surface area (Å²) in [5, 5.41) is 8.62. The molecule has 0 aromatic carbocycles. The van der Waals surface area contributed by atoms with Crippen molar-refractivity contribution in [2.45, 2.75) is 6.42 Å². The van der Waals surface area contributed by atoms with E-state index in [-0.39, 0.29) is 17.8 Å². The first-order valence-electron chi connectivity index (χ1n) is 3.38. The number of carbonyl (C=O) groups is 2. The Balaban J connectivity index is 3.12. The number of hydrogen-bond acceptors (Lipinski definition) is 3. The molecule has 0 saturated carbocycles. The van der Waals surface area contributed by atoms with Crippen LogP contribution in [0.4, 0.5) is 0 Å². The van der Waals surface area contributed by atoms with E-state index in [0.717, 1.165) is 0 Å². The molecule has 64 valence electrons. The molecule has 0 saturated heterocycles. The van der Waals surface area contributed by atoms with Crippen LogP contribution < -0.4 is 0 Å². The van der Waals surface area contributed by atoms with Crippen molar-refractivity contribution in [2.75, 3.05) is 7.11 Å². The zero-order valence-corrected chi connectivity index (χ0v) is 6.53. The number of Topliss-reactive ketones (excluding diaryl/α,β-unsaturated/α-hetero) is 1. The van der Waals surface area contributed by atoms with E-state index in [2.05, 4.69) is 0 Å². The van der Waals surface area contributed by atoms with Crippen LogP contribution in [0.2, 0.25) is 0 Å². The normalized spacial score (nSPS) is 16.6. The summed E-state index contributed by atoms with van der Waals surface area (Å²) in [5.74, 6) is -1.53.